The molecule has 0 saturated heterocycles. The standard InChI is InChI=1S/C12H11N5O2/c13-4-1-2-9-6-14-5-3-10(9)12(18)15-7-11-16-8-19-17-11/h3,5-6,8H,4,7,13H2,(H,15,18). The fraction of sp³-hybridized carbons (Fsp3) is 0.167. The van der Waals surface area contributed by atoms with Crippen molar-refractivity contribution in [1.29, 1.82) is 0 Å². The van der Waals surface area contributed by atoms with Gasteiger partial charge in [-0.1, -0.05) is 17.0 Å². The van der Waals surface area contributed by atoms with Crippen LogP contribution in [0.4, 0.5) is 0 Å². The molecule has 0 saturated carbocycles. The summed E-state index contributed by atoms with van der Waals surface area (Å²) in [6.45, 7) is 0.403. The highest BCUT2D eigenvalue weighted by molar-refractivity contribution is 5.96. The highest BCUT2D eigenvalue weighted by Crippen LogP contribution is 2.05. The summed E-state index contributed by atoms with van der Waals surface area (Å²) in [7, 11) is 0. The van der Waals surface area contributed by atoms with Crippen molar-refractivity contribution in [2.45, 2.75) is 6.54 Å². The maximum atomic E-state index is 12.0. The molecule has 0 aromatic carbocycles. The van der Waals surface area contributed by atoms with Gasteiger partial charge in [-0.15, -0.1) is 0 Å². The minimum absolute atomic E-state index is 0.182. The first kappa shape index (κ1) is 12.7. The third-order valence-corrected chi connectivity index (χ3v) is 2.20. The SMILES string of the molecule is NCC#Cc1cnccc1C(=O)NCc1ncon1. The molecule has 96 valence electrons. The first-order chi connectivity index (χ1) is 9.31. The fourth-order valence-electron chi connectivity index (χ4n) is 1.36. The number of nitrogens with one attached hydrogen (secondary N) is 1. The molecule has 7 heteroatoms. The van der Waals surface area contributed by atoms with Crippen LogP contribution in [0.1, 0.15) is 21.7 Å². The maximum Gasteiger partial charge on any atom is 0.253 e. The van der Waals surface area contributed by atoms with Crippen LogP contribution in [-0.4, -0.2) is 27.6 Å². The lowest BCUT2D eigenvalue weighted by molar-refractivity contribution is 0.0949. The monoisotopic (exact) mass is 257 g/mol. The second kappa shape index (κ2) is 6.28. The Kier molecular flexibility index (Phi) is 4.21. The van der Waals surface area contributed by atoms with Gasteiger partial charge >= 0.3 is 0 Å². The van der Waals surface area contributed by atoms with Crippen molar-refractivity contribution in [1.82, 2.24) is 20.4 Å². The molecular weight excluding hydrogens is 246 g/mol. The Morgan fingerprint density at radius 3 is 3.16 bits per heavy atom. The number of carbonyl (C=O) groups excluding carboxylic acids is 1. The van der Waals surface area contributed by atoms with Gasteiger partial charge < -0.3 is 15.6 Å². The van der Waals surface area contributed by atoms with E-state index in [0.717, 1.165) is 0 Å². The molecule has 1 amide bonds. The second-order valence-corrected chi connectivity index (χ2v) is 3.46. The summed E-state index contributed by atoms with van der Waals surface area (Å²) in [5.41, 5.74) is 6.26. The van der Waals surface area contributed by atoms with Gasteiger partial charge in [-0.2, -0.15) is 4.98 Å². The Balaban J connectivity index is 2.10. The molecule has 2 aromatic heterocycles. The zero-order valence-corrected chi connectivity index (χ0v) is 9.96. The molecule has 0 spiro atoms. The van der Waals surface area contributed by atoms with Crippen molar-refractivity contribution < 1.29 is 9.32 Å². The van der Waals surface area contributed by atoms with Crippen LogP contribution in [-0.2, 0) is 6.54 Å². The molecule has 7 nitrogen and oxygen atoms in total. The first-order valence-corrected chi connectivity index (χ1v) is 5.47. The van der Waals surface area contributed by atoms with Gasteiger partial charge in [0.15, 0.2) is 5.82 Å². The lowest BCUT2D eigenvalue weighted by Crippen LogP contribution is -2.24. The van der Waals surface area contributed by atoms with Crippen molar-refractivity contribution >= 4 is 5.91 Å². The third kappa shape index (κ3) is 3.37. The van der Waals surface area contributed by atoms with Crippen LogP contribution in [0.15, 0.2) is 29.4 Å². The van der Waals surface area contributed by atoms with E-state index in [4.69, 9.17) is 5.73 Å². The Morgan fingerprint density at radius 1 is 1.53 bits per heavy atom. The number of rotatable bonds is 3. The van der Waals surface area contributed by atoms with E-state index in [9.17, 15) is 4.79 Å². The van der Waals surface area contributed by atoms with Gasteiger partial charge in [-0.05, 0) is 6.07 Å². The van der Waals surface area contributed by atoms with Crippen LogP contribution in [0.2, 0.25) is 0 Å². The van der Waals surface area contributed by atoms with Gasteiger partial charge in [-0.25, -0.2) is 0 Å². The summed E-state index contributed by atoms with van der Waals surface area (Å²) in [6.07, 6.45) is 4.24. The average molecular weight is 257 g/mol. The van der Waals surface area contributed by atoms with Crippen LogP contribution in [0.3, 0.4) is 0 Å². The minimum atomic E-state index is -0.284. The van der Waals surface area contributed by atoms with Crippen molar-refractivity contribution in [3.8, 4) is 11.8 Å². The van der Waals surface area contributed by atoms with Gasteiger partial charge in [-0.3, -0.25) is 9.78 Å². The first-order valence-electron chi connectivity index (χ1n) is 5.47. The smallest absolute Gasteiger partial charge is 0.253 e. The lowest BCUT2D eigenvalue weighted by Gasteiger charge is -2.04. The quantitative estimate of drug-likeness (QED) is 0.731. The predicted octanol–water partition coefficient (Wildman–Crippen LogP) is -0.295. The van der Waals surface area contributed by atoms with Crippen LogP contribution in [0.5, 0.6) is 0 Å². The number of pyridine rings is 1. The van der Waals surface area contributed by atoms with Gasteiger partial charge in [0.05, 0.1) is 24.2 Å². The van der Waals surface area contributed by atoms with Gasteiger partial charge in [0.2, 0.25) is 6.39 Å². The number of hydrogen-bond acceptors (Lipinski definition) is 6. The fourth-order valence-corrected chi connectivity index (χ4v) is 1.36. The van der Waals surface area contributed by atoms with Crippen molar-refractivity contribution in [2.75, 3.05) is 6.54 Å². The second-order valence-electron chi connectivity index (χ2n) is 3.46. The van der Waals surface area contributed by atoms with E-state index in [2.05, 4.69) is 36.8 Å². The molecule has 2 rings (SSSR count). The summed E-state index contributed by atoms with van der Waals surface area (Å²) >= 11 is 0. The number of nitrogens with two attached hydrogens (primary N) is 1. The third-order valence-electron chi connectivity index (χ3n) is 2.20. The van der Waals surface area contributed by atoms with Gasteiger partial charge in [0.25, 0.3) is 5.91 Å². The Bertz CT molecular complexity index is 613. The number of amides is 1. The van der Waals surface area contributed by atoms with E-state index < -0.39 is 0 Å². The highest BCUT2D eigenvalue weighted by Gasteiger charge is 2.10. The minimum Gasteiger partial charge on any atom is -0.345 e. The molecule has 19 heavy (non-hydrogen) atoms. The van der Waals surface area contributed by atoms with Crippen LogP contribution in [0, 0.1) is 11.8 Å². The summed E-state index contributed by atoms with van der Waals surface area (Å²) in [4.78, 5) is 19.7. The zero-order valence-electron chi connectivity index (χ0n) is 9.96. The Labute approximate surface area is 109 Å². The number of aromatic nitrogens is 3. The largest absolute Gasteiger partial charge is 0.345 e. The molecule has 2 aromatic rings. The Hall–Kier alpha value is -2.72. The van der Waals surface area contributed by atoms with Crippen molar-refractivity contribution in [2.24, 2.45) is 5.73 Å². The normalized spacial score (nSPS) is 9.53. The number of nitrogens with zero attached hydrogens (tertiary/aromatic N) is 3. The number of hydrogen-bond donors (Lipinski definition) is 2. The molecule has 0 fully saturated rings. The zero-order chi connectivity index (χ0) is 13.5. The van der Waals surface area contributed by atoms with E-state index in [-0.39, 0.29) is 19.0 Å². The number of carbonyl (C=O) groups is 1. The molecule has 0 bridgehead atoms. The Morgan fingerprint density at radius 2 is 2.42 bits per heavy atom. The van der Waals surface area contributed by atoms with E-state index in [1.165, 1.54) is 18.8 Å². The summed E-state index contributed by atoms with van der Waals surface area (Å²) in [5.74, 6) is 5.60. The van der Waals surface area contributed by atoms with Crippen LogP contribution in [0.25, 0.3) is 0 Å². The molecular formula is C12H11N5O2. The average Bonchev–Trinajstić information content (AvgIpc) is 2.96. The summed E-state index contributed by atoms with van der Waals surface area (Å²) < 4.78 is 4.57. The topological polar surface area (TPSA) is 107 Å². The van der Waals surface area contributed by atoms with E-state index >= 15 is 0 Å². The van der Waals surface area contributed by atoms with E-state index in [0.29, 0.717) is 17.0 Å². The van der Waals surface area contributed by atoms with E-state index in [1.54, 1.807) is 6.07 Å². The van der Waals surface area contributed by atoms with Gasteiger partial charge in [0.1, 0.15) is 0 Å². The molecule has 0 aliphatic heterocycles. The molecule has 0 atom stereocenters. The van der Waals surface area contributed by atoms with Crippen molar-refractivity contribution in [3.63, 3.8) is 0 Å². The predicted molar refractivity (Wildman–Crippen MR) is 65.6 cm³/mol. The molecule has 0 aliphatic rings. The van der Waals surface area contributed by atoms with E-state index in [1.807, 2.05) is 0 Å². The lowest BCUT2D eigenvalue weighted by atomic mass is 10.1. The highest BCUT2D eigenvalue weighted by atomic mass is 16.5. The van der Waals surface area contributed by atoms with Crippen LogP contribution < -0.4 is 11.1 Å². The summed E-state index contributed by atoms with van der Waals surface area (Å²) in [6, 6.07) is 1.59. The maximum absolute atomic E-state index is 12.0. The van der Waals surface area contributed by atoms with Crippen LogP contribution >= 0.6 is 0 Å². The molecule has 0 unspecified atom stereocenters. The van der Waals surface area contributed by atoms with Crippen molar-refractivity contribution in [3.05, 3.63) is 41.8 Å². The molecule has 0 radical (unpaired) electrons. The molecule has 0 aliphatic carbocycles. The van der Waals surface area contributed by atoms with Gasteiger partial charge in [0, 0.05) is 12.4 Å². The molecule has 3 N–H and O–H groups in total. The molecule has 2 heterocycles. The summed E-state index contributed by atoms with van der Waals surface area (Å²) in [5, 5.41) is 6.26.